The van der Waals surface area contributed by atoms with Gasteiger partial charge in [0.05, 0.1) is 16.9 Å². The molecule has 0 bridgehead atoms. The van der Waals surface area contributed by atoms with Crippen LogP contribution < -0.4 is 15.8 Å². The van der Waals surface area contributed by atoms with Gasteiger partial charge in [0.2, 0.25) is 0 Å². The first kappa shape index (κ1) is 19.6. The van der Waals surface area contributed by atoms with Crippen LogP contribution in [0.15, 0.2) is 54.7 Å². The van der Waals surface area contributed by atoms with Crippen molar-refractivity contribution in [3.05, 3.63) is 81.8 Å². The molecule has 0 atom stereocenters. The average molecular weight is 420 g/mol. The van der Waals surface area contributed by atoms with E-state index in [9.17, 15) is 14.0 Å². The second kappa shape index (κ2) is 8.24. The summed E-state index contributed by atoms with van der Waals surface area (Å²) >= 11 is 12.2. The van der Waals surface area contributed by atoms with Gasteiger partial charge in [0.15, 0.2) is 0 Å². The lowest BCUT2D eigenvalue weighted by Crippen LogP contribution is -2.16. The lowest BCUT2D eigenvalue weighted by Gasteiger charge is -2.14. The zero-order chi connectivity index (χ0) is 20.3. The van der Waals surface area contributed by atoms with Crippen LogP contribution in [-0.4, -0.2) is 16.8 Å². The fourth-order valence-corrected chi connectivity index (χ4v) is 2.85. The molecule has 1 aromatic heterocycles. The highest BCUT2D eigenvalue weighted by molar-refractivity contribution is 6.37. The first-order valence-corrected chi connectivity index (χ1v) is 8.59. The van der Waals surface area contributed by atoms with E-state index < -0.39 is 17.6 Å². The largest absolute Gasteiger partial charge is 0.456 e. The summed E-state index contributed by atoms with van der Waals surface area (Å²) in [6, 6.07) is 10.9. The topological polar surface area (TPSA) is 94.3 Å². The molecule has 0 unspecified atom stereocenters. The van der Waals surface area contributed by atoms with Gasteiger partial charge in [-0.15, -0.1) is 0 Å². The van der Waals surface area contributed by atoms with Gasteiger partial charge in [0, 0.05) is 11.1 Å². The van der Waals surface area contributed by atoms with E-state index in [1.165, 1.54) is 54.7 Å². The molecule has 2 amide bonds. The van der Waals surface area contributed by atoms with E-state index in [1.807, 2.05) is 0 Å². The van der Waals surface area contributed by atoms with Gasteiger partial charge in [0.25, 0.3) is 11.8 Å². The Morgan fingerprint density at radius 2 is 1.79 bits per heavy atom. The Bertz CT molecular complexity index is 1040. The van der Waals surface area contributed by atoms with Crippen molar-refractivity contribution in [3.8, 4) is 11.5 Å². The molecule has 2 aromatic carbocycles. The number of amides is 2. The van der Waals surface area contributed by atoms with E-state index in [4.69, 9.17) is 33.7 Å². The van der Waals surface area contributed by atoms with E-state index >= 15 is 0 Å². The van der Waals surface area contributed by atoms with Crippen LogP contribution in [0.5, 0.6) is 11.5 Å². The number of carbonyl (C=O) groups is 2. The summed E-state index contributed by atoms with van der Waals surface area (Å²) in [5.74, 6) is -1.33. The molecule has 0 spiro atoms. The van der Waals surface area contributed by atoms with Crippen LogP contribution in [0, 0.1) is 5.82 Å². The predicted molar refractivity (Wildman–Crippen MR) is 104 cm³/mol. The van der Waals surface area contributed by atoms with Crippen LogP contribution >= 0.6 is 23.2 Å². The first-order chi connectivity index (χ1) is 13.3. The standard InChI is InChI=1S/C19H12Cl2FN3O3/c20-10-7-14(21)17(16(8-10)28-13-4-1-11(22)2-5-13)19(27)25-12-3-6-15(18(23)26)24-9-12/h1-9H,(H2,23,26)(H,25,27). The summed E-state index contributed by atoms with van der Waals surface area (Å²) in [6.45, 7) is 0. The molecule has 9 heteroatoms. The number of nitrogens with one attached hydrogen (secondary N) is 1. The third kappa shape index (κ3) is 4.57. The normalized spacial score (nSPS) is 10.4. The van der Waals surface area contributed by atoms with E-state index in [-0.39, 0.29) is 27.1 Å². The zero-order valence-electron chi connectivity index (χ0n) is 14.1. The number of hydrogen-bond acceptors (Lipinski definition) is 4. The quantitative estimate of drug-likeness (QED) is 0.627. The molecule has 0 fully saturated rings. The number of halogens is 3. The molecule has 0 saturated carbocycles. The van der Waals surface area contributed by atoms with Gasteiger partial charge in [-0.1, -0.05) is 23.2 Å². The molecule has 3 N–H and O–H groups in total. The number of carbonyl (C=O) groups excluding carboxylic acids is 2. The summed E-state index contributed by atoms with van der Waals surface area (Å²) in [5.41, 5.74) is 5.53. The van der Waals surface area contributed by atoms with E-state index in [2.05, 4.69) is 10.3 Å². The van der Waals surface area contributed by atoms with Gasteiger partial charge in [-0.05, 0) is 42.5 Å². The summed E-state index contributed by atoms with van der Waals surface area (Å²) in [5, 5.41) is 2.91. The minimum Gasteiger partial charge on any atom is -0.456 e. The Morgan fingerprint density at radius 3 is 2.39 bits per heavy atom. The van der Waals surface area contributed by atoms with Crippen LogP contribution in [0.1, 0.15) is 20.8 Å². The molecule has 0 aliphatic carbocycles. The second-order valence-electron chi connectivity index (χ2n) is 5.57. The third-order valence-corrected chi connectivity index (χ3v) is 4.08. The number of nitrogens with zero attached hydrogens (tertiary/aromatic N) is 1. The molecule has 3 aromatic rings. The lowest BCUT2D eigenvalue weighted by atomic mass is 10.1. The van der Waals surface area contributed by atoms with E-state index in [1.54, 1.807) is 0 Å². The van der Waals surface area contributed by atoms with Gasteiger partial charge in [-0.3, -0.25) is 9.59 Å². The minimum atomic E-state index is -0.686. The number of primary amides is 1. The summed E-state index contributed by atoms with van der Waals surface area (Å²) < 4.78 is 18.7. The Morgan fingerprint density at radius 1 is 1.07 bits per heavy atom. The molecule has 1 heterocycles. The fourth-order valence-electron chi connectivity index (χ4n) is 2.29. The Kier molecular flexibility index (Phi) is 5.77. The molecule has 0 aliphatic heterocycles. The highest BCUT2D eigenvalue weighted by Gasteiger charge is 2.19. The molecule has 0 radical (unpaired) electrons. The molecular formula is C19H12Cl2FN3O3. The van der Waals surface area contributed by atoms with Crippen molar-refractivity contribution in [1.82, 2.24) is 4.98 Å². The van der Waals surface area contributed by atoms with Crippen LogP contribution in [0.4, 0.5) is 10.1 Å². The molecule has 0 aliphatic rings. The van der Waals surface area contributed by atoms with E-state index in [0.717, 1.165) is 0 Å². The van der Waals surface area contributed by atoms with Gasteiger partial charge >= 0.3 is 0 Å². The number of anilines is 1. The average Bonchev–Trinajstić information content (AvgIpc) is 2.63. The smallest absolute Gasteiger partial charge is 0.267 e. The Hall–Kier alpha value is -3.16. The van der Waals surface area contributed by atoms with Gasteiger partial charge in [-0.2, -0.15) is 0 Å². The van der Waals surface area contributed by atoms with Gasteiger partial charge < -0.3 is 15.8 Å². The van der Waals surface area contributed by atoms with Crippen molar-refractivity contribution in [2.24, 2.45) is 5.73 Å². The number of hydrogen-bond donors (Lipinski definition) is 2. The summed E-state index contributed by atoms with van der Waals surface area (Å²) in [7, 11) is 0. The zero-order valence-corrected chi connectivity index (χ0v) is 15.6. The SMILES string of the molecule is NC(=O)c1ccc(NC(=O)c2c(Cl)cc(Cl)cc2Oc2ccc(F)cc2)cn1. The first-order valence-electron chi connectivity index (χ1n) is 7.83. The number of benzene rings is 2. The van der Waals surface area contributed by atoms with Crippen molar-refractivity contribution in [1.29, 1.82) is 0 Å². The molecule has 28 heavy (non-hydrogen) atoms. The number of pyridine rings is 1. The molecule has 6 nitrogen and oxygen atoms in total. The maximum atomic E-state index is 13.1. The fraction of sp³-hybridized carbons (Fsp3) is 0. The Balaban J connectivity index is 1.90. The van der Waals surface area contributed by atoms with Crippen molar-refractivity contribution in [2.75, 3.05) is 5.32 Å². The second-order valence-corrected chi connectivity index (χ2v) is 6.41. The third-order valence-electron chi connectivity index (χ3n) is 3.56. The predicted octanol–water partition coefficient (Wildman–Crippen LogP) is 4.67. The highest BCUT2D eigenvalue weighted by atomic mass is 35.5. The number of ether oxygens (including phenoxy) is 1. The van der Waals surface area contributed by atoms with Crippen LogP contribution in [-0.2, 0) is 0 Å². The van der Waals surface area contributed by atoms with Crippen molar-refractivity contribution >= 4 is 40.7 Å². The molecule has 0 saturated heterocycles. The number of aromatic nitrogens is 1. The molecule has 142 valence electrons. The van der Waals surface area contributed by atoms with Gasteiger partial charge in [-0.25, -0.2) is 9.37 Å². The highest BCUT2D eigenvalue weighted by Crippen LogP contribution is 2.34. The number of nitrogens with two attached hydrogens (primary N) is 1. The van der Waals surface area contributed by atoms with E-state index in [0.29, 0.717) is 11.4 Å². The maximum absolute atomic E-state index is 13.1. The maximum Gasteiger partial charge on any atom is 0.267 e. The monoisotopic (exact) mass is 419 g/mol. The number of rotatable bonds is 5. The molecular weight excluding hydrogens is 408 g/mol. The van der Waals surface area contributed by atoms with Crippen LogP contribution in [0.3, 0.4) is 0 Å². The molecule has 3 rings (SSSR count). The van der Waals surface area contributed by atoms with Gasteiger partial charge in [0.1, 0.15) is 28.6 Å². The van der Waals surface area contributed by atoms with Crippen LogP contribution in [0.2, 0.25) is 10.0 Å². The van der Waals surface area contributed by atoms with Crippen molar-refractivity contribution < 1.29 is 18.7 Å². The summed E-state index contributed by atoms with van der Waals surface area (Å²) in [6.07, 6.45) is 1.28. The Labute approximate surface area is 169 Å². The minimum absolute atomic E-state index is 0.0226. The summed E-state index contributed by atoms with van der Waals surface area (Å²) in [4.78, 5) is 27.7. The van der Waals surface area contributed by atoms with Crippen LogP contribution in [0.25, 0.3) is 0 Å². The lowest BCUT2D eigenvalue weighted by molar-refractivity contribution is 0.0994. The van der Waals surface area contributed by atoms with Crippen molar-refractivity contribution in [3.63, 3.8) is 0 Å². The van der Waals surface area contributed by atoms with Crippen molar-refractivity contribution in [2.45, 2.75) is 0 Å².